The Balaban J connectivity index is 2.83. The number of hydrogen-bond donors (Lipinski definition) is 1. The van der Waals surface area contributed by atoms with Crippen LogP contribution in [0.3, 0.4) is 0 Å². The number of carbonyl (C=O) groups excluding carboxylic acids is 1. The lowest BCUT2D eigenvalue weighted by Gasteiger charge is -1.89. The van der Waals surface area contributed by atoms with E-state index >= 15 is 0 Å². The van der Waals surface area contributed by atoms with E-state index in [-0.39, 0.29) is 0 Å². The number of aliphatic carboxylic acids is 1. The van der Waals surface area contributed by atoms with Crippen LogP contribution in [0.15, 0.2) is 30.3 Å². The van der Waals surface area contributed by atoms with Crippen LogP contribution in [0.2, 0.25) is 0 Å². The van der Waals surface area contributed by atoms with Gasteiger partial charge in [0.2, 0.25) is 5.78 Å². The first-order valence-corrected chi connectivity index (χ1v) is 3.54. The number of benzene rings is 1. The fraction of sp³-hybridized carbons (Fsp3) is 0. The van der Waals surface area contributed by atoms with Crippen molar-refractivity contribution in [2.75, 3.05) is 0 Å². The molecule has 0 fully saturated rings. The summed E-state index contributed by atoms with van der Waals surface area (Å²) in [7, 11) is 0. The van der Waals surface area contributed by atoms with Gasteiger partial charge in [0.25, 0.3) is 0 Å². The Kier molecular flexibility index (Phi) is 2.82. The number of carbonyl (C=O) groups is 2. The van der Waals surface area contributed by atoms with Gasteiger partial charge < -0.3 is 5.11 Å². The Morgan fingerprint density at radius 3 is 2.23 bits per heavy atom. The average molecular weight is 174 g/mol. The van der Waals surface area contributed by atoms with Crippen molar-refractivity contribution < 1.29 is 14.7 Å². The fourth-order valence-corrected chi connectivity index (χ4v) is 0.772. The van der Waals surface area contributed by atoms with Gasteiger partial charge in [-0.05, 0) is 5.92 Å². The molecule has 13 heavy (non-hydrogen) atoms. The standard InChI is InChI=1S/C10H6O3/c11-9(6-7-10(12)13)8-4-2-1-3-5-8/h1-5H,(H,12,13). The number of ketones is 1. The monoisotopic (exact) mass is 174 g/mol. The predicted molar refractivity (Wildman–Crippen MR) is 46.2 cm³/mol. The Morgan fingerprint density at radius 1 is 1.08 bits per heavy atom. The van der Waals surface area contributed by atoms with Crippen LogP contribution in [0, 0.1) is 11.8 Å². The summed E-state index contributed by atoms with van der Waals surface area (Å²) in [4.78, 5) is 21.1. The molecule has 0 atom stereocenters. The molecule has 0 aromatic heterocycles. The average Bonchev–Trinajstić information content (AvgIpc) is 2.15. The maximum Gasteiger partial charge on any atom is 0.382 e. The van der Waals surface area contributed by atoms with Crippen LogP contribution in [0.4, 0.5) is 0 Å². The molecule has 0 aliphatic carbocycles. The molecule has 0 radical (unpaired) electrons. The minimum absolute atomic E-state index is 0.399. The highest BCUT2D eigenvalue weighted by molar-refractivity contribution is 6.11. The normalized spacial score (nSPS) is 8.31. The lowest BCUT2D eigenvalue weighted by atomic mass is 10.1. The molecule has 1 aromatic carbocycles. The first kappa shape index (κ1) is 9.01. The van der Waals surface area contributed by atoms with Crippen LogP contribution in [-0.2, 0) is 4.79 Å². The summed E-state index contributed by atoms with van der Waals surface area (Å²) in [5, 5.41) is 8.18. The Bertz CT molecular complexity index is 382. The number of carboxylic acid groups (broad SMARTS) is 1. The summed E-state index contributed by atoms with van der Waals surface area (Å²) in [5.74, 6) is 1.99. The minimum atomic E-state index is -1.30. The summed E-state index contributed by atoms with van der Waals surface area (Å²) >= 11 is 0. The highest BCUT2D eigenvalue weighted by atomic mass is 16.4. The Hall–Kier alpha value is -2.08. The topological polar surface area (TPSA) is 54.4 Å². The zero-order valence-corrected chi connectivity index (χ0v) is 6.65. The quantitative estimate of drug-likeness (QED) is 0.392. The Morgan fingerprint density at radius 2 is 1.69 bits per heavy atom. The van der Waals surface area contributed by atoms with Gasteiger partial charge in [-0.3, -0.25) is 4.79 Å². The maximum atomic E-state index is 11.1. The molecule has 0 amide bonds. The van der Waals surface area contributed by atoms with E-state index in [9.17, 15) is 9.59 Å². The molecular formula is C10H6O3. The summed E-state index contributed by atoms with van der Waals surface area (Å²) in [6.07, 6.45) is 0. The van der Waals surface area contributed by atoms with Gasteiger partial charge in [-0.25, -0.2) is 4.79 Å². The first-order valence-electron chi connectivity index (χ1n) is 3.54. The molecule has 1 N–H and O–H groups in total. The van der Waals surface area contributed by atoms with Crippen LogP contribution < -0.4 is 0 Å². The highest BCUT2D eigenvalue weighted by Gasteiger charge is 1.99. The lowest BCUT2D eigenvalue weighted by Crippen LogP contribution is -1.96. The smallest absolute Gasteiger partial charge is 0.382 e. The molecule has 0 aliphatic heterocycles. The van der Waals surface area contributed by atoms with E-state index in [1.54, 1.807) is 36.3 Å². The molecule has 0 saturated carbocycles. The van der Waals surface area contributed by atoms with Crippen molar-refractivity contribution in [3.05, 3.63) is 35.9 Å². The third-order valence-corrected chi connectivity index (χ3v) is 1.32. The minimum Gasteiger partial charge on any atom is -0.472 e. The van der Waals surface area contributed by atoms with Crippen LogP contribution in [-0.4, -0.2) is 16.9 Å². The van der Waals surface area contributed by atoms with Gasteiger partial charge in [0.15, 0.2) is 0 Å². The van der Waals surface area contributed by atoms with Gasteiger partial charge in [-0.15, -0.1) is 0 Å². The van der Waals surface area contributed by atoms with Gasteiger partial charge >= 0.3 is 5.97 Å². The summed E-state index contributed by atoms with van der Waals surface area (Å²) < 4.78 is 0. The molecule has 0 unspecified atom stereocenters. The van der Waals surface area contributed by atoms with Gasteiger partial charge in [0.05, 0.1) is 0 Å². The van der Waals surface area contributed by atoms with Crippen molar-refractivity contribution in [1.29, 1.82) is 0 Å². The second-order valence-corrected chi connectivity index (χ2v) is 2.25. The summed E-state index contributed by atoms with van der Waals surface area (Å²) in [6, 6.07) is 8.31. The molecule has 1 rings (SSSR count). The molecule has 1 aromatic rings. The van der Waals surface area contributed by atoms with Crippen LogP contribution in [0.25, 0.3) is 0 Å². The zero-order chi connectivity index (χ0) is 9.68. The fourth-order valence-electron chi connectivity index (χ4n) is 0.772. The highest BCUT2D eigenvalue weighted by Crippen LogP contribution is 1.98. The molecule has 0 spiro atoms. The van der Waals surface area contributed by atoms with Crippen molar-refractivity contribution >= 4 is 11.8 Å². The molecular weight excluding hydrogens is 168 g/mol. The van der Waals surface area contributed by atoms with Crippen molar-refractivity contribution in [2.24, 2.45) is 0 Å². The summed E-state index contributed by atoms with van der Waals surface area (Å²) in [6.45, 7) is 0. The van der Waals surface area contributed by atoms with Crippen LogP contribution in [0.1, 0.15) is 10.4 Å². The van der Waals surface area contributed by atoms with Gasteiger partial charge in [0, 0.05) is 11.5 Å². The molecule has 3 heteroatoms. The third-order valence-electron chi connectivity index (χ3n) is 1.32. The van der Waals surface area contributed by atoms with Crippen molar-refractivity contribution in [3.63, 3.8) is 0 Å². The van der Waals surface area contributed by atoms with Crippen molar-refractivity contribution in [3.8, 4) is 11.8 Å². The molecule has 64 valence electrons. The second-order valence-electron chi connectivity index (χ2n) is 2.25. The van der Waals surface area contributed by atoms with E-state index in [0.29, 0.717) is 5.56 Å². The number of hydrogen-bond acceptors (Lipinski definition) is 2. The largest absolute Gasteiger partial charge is 0.472 e. The van der Waals surface area contributed by atoms with Crippen molar-refractivity contribution in [1.82, 2.24) is 0 Å². The maximum absolute atomic E-state index is 11.1. The molecule has 0 saturated heterocycles. The number of carboxylic acids is 1. The van der Waals surface area contributed by atoms with Gasteiger partial charge in [0.1, 0.15) is 0 Å². The second kappa shape index (κ2) is 4.07. The van der Waals surface area contributed by atoms with E-state index in [2.05, 4.69) is 0 Å². The van der Waals surface area contributed by atoms with Crippen LogP contribution in [0.5, 0.6) is 0 Å². The number of rotatable bonds is 1. The van der Waals surface area contributed by atoms with Crippen molar-refractivity contribution in [2.45, 2.75) is 0 Å². The molecule has 0 bridgehead atoms. The van der Waals surface area contributed by atoms with E-state index in [1.807, 2.05) is 5.92 Å². The predicted octanol–water partition coefficient (Wildman–Crippen LogP) is 0.957. The van der Waals surface area contributed by atoms with Gasteiger partial charge in [-0.1, -0.05) is 30.3 Å². The first-order chi connectivity index (χ1) is 6.20. The zero-order valence-electron chi connectivity index (χ0n) is 6.65. The SMILES string of the molecule is O=C(O)C#CC(=O)c1ccccc1. The lowest BCUT2D eigenvalue weighted by molar-refractivity contribution is -0.130. The third kappa shape index (κ3) is 2.80. The van der Waals surface area contributed by atoms with E-state index < -0.39 is 11.8 Å². The Labute approximate surface area is 75.0 Å². The van der Waals surface area contributed by atoms with E-state index in [0.717, 1.165) is 0 Å². The molecule has 3 nitrogen and oxygen atoms in total. The van der Waals surface area contributed by atoms with Crippen LogP contribution >= 0.6 is 0 Å². The summed E-state index contributed by atoms with van der Waals surface area (Å²) in [5.41, 5.74) is 0.399. The van der Waals surface area contributed by atoms with E-state index in [4.69, 9.17) is 5.11 Å². The van der Waals surface area contributed by atoms with E-state index in [1.165, 1.54) is 0 Å². The molecule has 0 heterocycles. The molecule has 0 aliphatic rings. The number of Topliss-reactive ketones (excluding diaryl/α,β-unsaturated/α-hetero) is 1. The van der Waals surface area contributed by atoms with Gasteiger partial charge in [-0.2, -0.15) is 0 Å².